The maximum Gasteiger partial charge on any atom is 0.246 e. The lowest BCUT2D eigenvalue weighted by atomic mass is 10.3. The molecule has 2 aromatic heterocycles. The Hall–Kier alpha value is -2.63. The van der Waals surface area contributed by atoms with E-state index in [0.29, 0.717) is 17.3 Å². The molecule has 6 nitrogen and oxygen atoms in total. The van der Waals surface area contributed by atoms with Gasteiger partial charge in [-0.3, -0.25) is 0 Å². The maximum atomic E-state index is 5.36. The van der Waals surface area contributed by atoms with Gasteiger partial charge in [-0.15, -0.1) is 0 Å². The number of methoxy groups -OCH3 is 1. The molecular formula is C16H19N5O. The molecule has 1 aromatic carbocycles. The van der Waals surface area contributed by atoms with Crippen LogP contribution >= 0.6 is 0 Å². The number of unbranched alkanes of at least 4 members (excludes halogenated alkanes) is 1. The van der Waals surface area contributed by atoms with Crippen molar-refractivity contribution in [3.05, 3.63) is 36.7 Å². The summed E-state index contributed by atoms with van der Waals surface area (Å²) in [6.45, 7) is 3.05. The number of para-hydroxylation sites is 1. The van der Waals surface area contributed by atoms with Gasteiger partial charge >= 0.3 is 0 Å². The lowest BCUT2D eigenvalue weighted by Gasteiger charge is -2.08. The molecule has 0 saturated heterocycles. The van der Waals surface area contributed by atoms with E-state index in [1.807, 2.05) is 34.9 Å². The number of imidazole rings is 1. The molecule has 0 atom stereocenters. The third-order valence-electron chi connectivity index (χ3n) is 3.41. The van der Waals surface area contributed by atoms with Gasteiger partial charge in [-0.2, -0.15) is 9.97 Å². The number of ether oxygens (including phenoxy) is 1. The molecule has 1 N–H and O–H groups in total. The van der Waals surface area contributed by atoms with Crippen LogP contribution in [0.15, 0.2) is 36.7 Å². The molecule has 3 aromatic rings. The molecule has 6 heteroatoms. The maximum absolute atomic E-state index is 5.36. The summed E-state index contributed by atoms with van der Waals surface area (Å²) in [5, 5.41) is 3.20. The van der Waals surface area contributed by atoms with Crippen molar-refractivity contribution in [3.63, 3.8) is 0 Å². The third kappa shape index (κ3) is 2.86. The minimum absolute atomic E-state index is 0.485. The smallest absolute Gasteiger partial charge is 0.246 e. The second-order valence-electron chi connectivity index (χ2n) is 5.01. The van der Waals surface area contributed by atoms with Crippen LogP contribution in [0.3, 0.4) is 0 Å². The van der Waals surface area contributed by atoms with Crippen LogP contribution in [0.5, 0.6) is 5.88 Å². The van der Waals surface area contributed by atoms with Crippen molar-refractivity contribution in [2.45, 2.75) is 26.3 Å². The van der Waals surface area contributed by atoms with Crippen molar-refractivity contribution in [1.29, 1.82) is 0 Å². The Morgan fingerprint density at radius 2 is 2.00 bits per heavy atom. The van der Waals surface area contributed by atoms with Crippen LogP contribution in [0, 0.1) is 0 Å². The summed E-state index contributed by atoms with van der Waals surface area (Å²) in [4.78, 5) is 13.4. The molecule has 114 valence electrons. The summed E-state index contributed by atoms with van der Waals surface area (Å²) in [6, 6.07) is 9.83. The van der Waals surface area contributed by atoms with Crippen LogP contribution in [-0.4, -0.2) is 26.6 Å². The van der Waals surface area contributed by atoms with E-state index in [-0.39, 0.29) is 0 Å². The highest BCUT2D eigenvalue weighted by atomic mass is 16.5. The first kappa shape index (κ1) is 14.3. The van der Waals surface area contributed by atoms with Gasteiger partial charge in [-0.25, -0.2) is 4.98 Å². The van der Waals surface area contributed by atoms with E-state index >= 15 is 0 Å². The van der Waals surface area contributed by atoms with Crippen molar-refractivity contribution < 1.29 is 4.74 Å². The number of rotatable bonds is 6. The van der Waals surface area contributed by atoms with E-state index in [9.17, 15) is 0 Å². The van der Waals surface area contributed by atoms with E-state index in [1.54, 1.807) is 13.4 Å². The number of fused-ring (bicyclic) bond motifs is 1. The molecule has 0 saturated carbocycles. The van der Waals surface area contributed by atoms with Crippen molar-refractivity contribution >= 4 is 22.8 Å². The lowest BCUT2D eigenvalue weighted by Crippen LogP contribution is -2.03. The number of hydrogen-bond acceptors (Lipinski definition) is 5. The Labute approximate surface area is 129 Å². The Kier molecular flexibility index (Phi) is 4.18. The van der Waals surface area contributed by atoms with Gasteiger partial charge < -0.3 is 14.6 Å². The minimum atomic E-state index is 0.485. The van der Waals surface area contributed by atoms with E-state index in [1.165, 1.54) is 0 Å². The Balaban J connectivity index is 2.00. The van der Waals surface area contributed by atoms with Crippen LogP contribution in [-0.2, 0) is 6.54 Å². The molecular weight excluding hydrogens is 278 g/mol. The van der Waals surface area contributed by atoms with Crippen molar-refractivity contribution in [2.24, 2.45) is 0 Å². The monoisotopic (exact) mass is 297 g/mol. The van der Waals surface area contributed by atoms with Gasteiger partial charge in [0.1, 0.15) is 0 Å². The molecule has 0 radical (unpaired) electrons. The lowest BCUT2D eigenvalue weighted by molar-refractivity contribution is 0.402. The van der Waals surface area contributed by atoms with Gasteiger partial charge in [0.2, 0.25) is 11.8 Å². The predicted molar refractivity (Wildman–Crippen MR) is 86.5 cm³/mol. The van der Waals surface area contributed by atoms with Gasteiger partial charge in [0.25, 0.3) is 0 Å². The average Bonchev–Trinajstić information content (AvgIpc) is 2.96. The number of anilines is 2. The Morgan fingerprint density at radius 3 is 2.73 bits per heavy atom. The first-order valence-electron chi connectivity index (χ1n) is 7.40. The zero-order valence-electron chi connectivity index (χ0n) is 12.8. The number of nitrogens with one attached hydrogen (secondary N) is 1. The van der Waals surface area contributed by atoms with E-state index in [2.05, 4.69) is 27.2 Å². The molecule has 0 bridgehead atoms. The van der Waals surface area contributed by atoms with Gasteiger partial charge in [0.15, 0.2) is 11.2 Å². The molecule has 0 aliphatic carbocycles. The molecule has 0 fully saturated rings. The number of hydrogen-bond donors (Lipinski definition) is 1. The van der Waals surface area contributed by atoms with Crippen molar-refractivity contribution in [3.8, 4) is 5.88 Å². The zero-order valence-corrected chi connectivity index (χ0v) is 12.8. The summed E-state index contributed by atoms with van der Waals surface area (Å²) in [5.41, 5.74) is 2.42. The van der Waals surface area contributed by atoms with Crippen LogP contribution in [0.25, 0.3) is 11.2 Å². The predicted octanol–water partition coefficient (Wildman–Crippen LogP) is 3.38. The third-order valence-corrected chi connectivity index (χ3v) is 3.41. The summed E-state index contributed by atoms with van der Waals surface area (Å²) in [7, 11) is 1.60. The fraction of sp³-hybridized carbons (Fsp3) is 0.312. The number of benzene rings is 1. The second kappa shape index (κ2) is 6.43. The first-order valence-corrected chi connectivity index (χ1v) is 7.40. The summed E-state index contributed by atoms with van der Waals surface area (Å²) in [5.74, 6) is 0.993. The Morgan fingerprint density at radius 1 is 1.18 bits per heavy atom. The standard InChI is InChI=1S/C16H19N5O/c1-3-4-10-21-11-17-13-14(21)19-16(20-15(13)22-2)18-12-8-6-5-7-9-12/h5-9,11H,3-4,10H2,1-2H3,(H,18,19,20). The van der Waals surface area contributed by atoms with Crippen molar-refractivity contribution in [2.75, 3.05) is 12.4 Å². The van der Waals surface area contributed by atoms with Gasteiger partial charge in [-0.1, -0.05) is 31.5 Å². The average molecular weight is 297 g/mol. The fourth-order valence-electron chi connectivity index (χ4n) is 2.26. The number of aromatic nitrogens is 4. The Bertz CT molecular complexity index is 754. The van der Waals surface area contributed by atoms with Crippen LogP contribution < -0.4 is 10.1 Å². The summed E-state index contributed by atoms with van der Waals surface area (Å²) >= 11 is 0. The first-order chi connectivity index (χ1) is 10.8. The number of nitrogens with zero attached hydrogens (tertiary/aromatic N) is 4. The number of aryl methyl sites for hydroxylation is 1. The molecule has 0 spiro atoms. The molecule has 2 heterocycles. The molecule has 0 unspecified atom stereocenters. The molecule has 0 amide bonds. The minimum Gasteiger partial charge on any atom is -0.479 e. The normalized spacial score (nSPS) is 10.8. The van der Waals surface area contributed by atoms with Crippen molar-refractivity contribution in [1.82, 2.24) is 19.5 Å². The van der Waals surface area contributed by atoms with Gasteiger partial charge in [-0.05, 0) is 18.6 Å². The second-order valence-corrected chi connectivity index (χ2v) is 5.01. The van der Waals surface area contributed by atoms with Crippen LogP contribution in [0.4, 0.5) is 11.6 Å². The molecule has 22 heavy (non-hydrogen) atoms. The SMILES string of the molecule is CCCCn1cnc2c(OC)nc(Nc3ccccc3)nc21. The molecule has 0 aliphatic rings. The quantitative estimate of drug-likeness (QED) is 0.755. The van der Waals surface area contributed by atoms with Gasteiger partial charge in [0.05, 0.1) is 13.4 Å². The summed E-state index contributed by atoms with van der Waals surface area (Å²) < 4.78 is 7.40. The van der Waals surface area contributed by atoms with E-state index in [0.717, 1.165) is 30.7 Å². The van der Waals surface area contributed by atoms with Crippen LogP contribution in [0.2, 0.25) is 0 Å². The molecule has 3 rings (SSSR count). The highest BCUT2D eigenvalue weighted by Crippen LogP contribution is 2.24. The highest BCUT2D eigenvalue weighted by Gasteiger charge is 2.13. The molecule has 0 aliphatic heterocycles. The van der Waals surface area contributed by atoms with Crippen LogP contribution in [0.1, 0.15) is 19.8 Å². The fourth-order valence-corrected chi connectivity index (χ4v) is 2.26. The topological polar surface area (TPSA) is 64.9 Å². The van der Waals surface area contributed by atoms with Gasteiger partial charge in [0, 0.05) is 12.2 Å². The van der Waals surface area contributed by atoms with E-state index < -0.39 is 0 Å². The zero-order chi connectivity index (χ0) is 15.4. The van der Waals surface area contributed by atoms with E-state index in [4.69, 9.17) is 4.74 Å². The summed E-state index contributed by atoms with van der Waals surface area (Å²) in [6.07, 6.45) is 4.00. The largest absolute Gasteiger partial charge is 0.479 e. The highest BCUT2D eigenvalue weighted by molar-refractivity contribution is 5.78.